The Bertz CT molecular complexity index is 1310. The Kier molecular flexibility index (Phi) is 5.35. The van der Waals surface area contributed by atoms with Gasteiger partial charge in [0.2, 0.25) is 0 Å². The number of aryl methyl sites for hydroxylation is 1. The van der Waals surface area contributed by atoms with Crippen LogP contribution in [0.15, 0.2) is 48.5 Å². The van der Waals surface area contributed by atoms with E-state index in [1.54, 1.807) is 25.6 Å². The summed E-state index contributed by atoms with van der Waals surface area (Å²) in [6, 6.07) is 15.9. The van der Waals surface area contributed by atoms with Gasteiger partial charge in [0.15, 0.2) is 5.13 Å². The molecule has 1 amide bonds. The van der Waals surface area contributed by atoms with Crippen LogP contribution in [-0.4, -0.2) is 56.2 Å². The Morgan fingerprint density at radius 1 is 0.938 bits per heavy atom. The van der Waals surface area contributed by atoms with Gasteiger partial charge >= 0.3 is 0 Å². The second-order valence-electron chi connectivity index (χ2n) is 7.94. The van der Waals surface area contributed by atoms with Crippen molar-refractivity contribution in [3.05, 3.63) is 59.7 Å². The van der Waals surface area contributed by atoms with E-state index in [1.807, 2.05) is 47.4 Å². The van der Waals surface area contributed by atoms with E-state index in [-0.39, 0.29) is 5.91 Å². The third-order valence-corrected chi connectivity index (χ3v) is 7.30. The molecule has 0 saturated carbocycles. The number of amides is 1. The smallest absolute Gasteiger partial charge is 0.257 e. The van der Waals surface area contributed by atoms with Gasteiger partial charge in [0.1, 0.15) is 17.0 Å². The van der Waals surface area contributed by atoms with Crippen molar-refractivity contribution >= 4 is 43.4 Å². The molecule has 1 fully saturated rings. The van der Waals surface area contributed by atoms with E-state index in [2.05, 4.69) is 17.9 Å². The van der Waals surface area contributed by atoms with Crippen LogP contribution in [0.25, 0.3) is 21.0 Å². The number of thiazole rings is 1. The number of carbonyl (C=O) groups is 1. The van der Waals surface area contributed by atoms with Crippen LogP contribution >= 0.6 is 11.3 Å². The summed E-state index contributed by atoms with van der Waals surface area (Å²) >= 11 is 1.68. The lowest BCUT2D eigenvalue weighted by Gasteiger charge is -2.34. The van der Waals surface area contributed by atoms with Crippen molar-refractivity contribution < 1.29 is 14.3 Å². The zero-order valence-electron chi connectivity index (χ0n) is 18.4. The molecular formula is C25H25N3O3S. The fourth-order valence-electron chi connectivity index (χ4n) is 4.22. The molecule has 0 radical (unpaired) electrons. The van der Waals surface area contributed by atoms with Gasteiger partial charge in [-0.25, -0.2) is 4.98 Å². The Labute approximate surface area is 191 Å². The maximum atomic E-state index is 13.3. The van der Waals surface area contributed by atoms with Crippen LogP contribution in [0.5, 0.6) is 11.5 Å². The molecule has 164 valence electrons. The van der Waals surface area contributed by atoms with Crippen LogP contribution in [0.1, 0.15) is 15.9 Å². The highest BCUT2D eigenvalue weighted by atomic mass is 32.1. The molecule has 0 N–H and O–H groups in total. The zero-order chi connectivity index (χ0) is 22.2. The lowest BCUT2D eigenvalue weighted by Crippen LogP contribution is -2.48. The molecule has 4 aromatic rings. The van der Waals surface area contributed by atoms with Crippen molar-refractivity contribution in [1.29, 1.82) is 0 Å². The number of methoxy groups -OCH3 is 2. The molecule has 1 saturated heterocycles. The van der Waals surface area contributed by atoms with Crippen molar-refractivity contribution in [1.82, 2.24) is 9.88 Å². The number of nitrogens with zero attached hydrogens (tertiary/aromatic N) is 3. The Hall–Kier alpha value is -3.32. The maximum Gasteiger partial charge on any atom is 0.257 e. The molecule has 1 aromatic heterocycles. The third-order valence-electron chi connectivity index (χ3n) is 6.05. The molecule has 0 bridgehead atoms. The van der Waals surface area contributed by atoms with Crippen LogP contribution in [0.4, 0.5) is 5.13 Å². The van der Waals surface area contributed by atoms with Gasteiger partial charge in [-0.2, -0.15) is 0 Å². The van der Waals surface area contributed by atoms with Crippen LogP contribution in [-0.2, 0) is 0 Å². The molecule has 2 heterocycles. The fraction of sp³-hybridized carbons (Fsp3) is 0.280. The summed E-state index contributed by atoms with van der Waals surface area (Å²) in [4.78, 5) is 22.3. The van der Waals surface area contributed by atoms with Gasteiger partial charge < -0.3 is 19.3 Å². The average molecular weight is 448 g/mol. The minimum Gasteiger partial charge on any atom is -0.496 e. The number of fused-ring (bicyclic) bond motifs is 2. The van der Waals surface area contributed by atoms with Gasteiger partial charge in [-0.05, 0) is 41.5 Å². The largest absolute Gasteiger partial charge is 0.496 e. The summed E-state index contributed by atoms with van der Waals surface area (Å²) in [6.07, 6.45) is 0. The predicted molar refractivity (Wildman–Crippen MR) is 130 cm³/mol. The molecule has 0 aliphatic carbocycles. The quantitative estimate of drug-likeness (QED) is 0.452. The molecule has 5 rings (SSSR count). The third kappa shape index (κ3) is 3.52. The normalized spacial score (nSPS) is 14.2. The molecular weight excluding hydrogens is 422 g/mol. The first-order valence-electron chi connectivity index (χ1n) is 10.6. The predicted octanol–water partition coefficient (Wildman–Crippen LogP) is 4.74. The number of piperazine rings is 1. The highest BCUT2D eigenvalue weighted by molar-refractivity contribution is 7.22. The molecule has 6 nitrogen and oxygen atoms in total. The van der Waals surface area contributed by atoms with Gasteiger partial charge in [0, 0.05) is 26.2 Å². The number of anilines is 1. The van der Waals surface area contributed by atoms with Crippen molar-refractivity contribution in [2.45, 2.75) is 6.92 Å². The van der Waals surface area contributed by atoms with E-state index in [1.165, 1.54) is 5.56 Å². The van der Waals surface area contributed by atoms with Crippen molar-refractivity contribution in [3.8, 4) is 11.5 Å². The molecule has 1 aliphatic heterocycles. The van der Waals surface area contributed by atoms with Crippen molar-refractivity contribution in [2.24, 2.45) is 0 Å². The second-order valence-corrected chi connectivity index (χ2v) is 8.92. The summed E-state index contributed by atoms with van der Waals surface area (Å²) in [5.41, 5.74) is 2.72. The summed E-state index contributed by atoms with van der Waals surface area (Å²) in [5.74, 6) is 1.42. The van der Waals surface area contributed by atoms with Gasteiger partial charge in [-0.3, -0.25) is 4.79 Å². The summed E-state index contributed by atoms with van der Waals surface area (Å²) < 4.78 is 12.2. The van der Waals surface area contributed by atoms with Gasteiger partial charge in [-0.1, -0.05) is 41.7 Å². The number of aromatic nitrogens is 1. The number of carbonyl (C=O) groups excluding carboxylic acids is 1. The summed E-state index contributed by atoms with van der Waals surface area (Å²) in [5, 5.41) is 3.07. The Balaban J connectivity index is 1.36. The molecule has 0 spiro atoms. The number of rotatable bonds is 4. The Morgan fingerprint density at radius 3 is 2.31 bits per heavy atom. The van der Waals surface area contributed by atoms with Crippen LogP contribution in [0.2, 0.25) is 0 Å². The standard InChI is InChI=1S/C25H25N3O3S/c1-16-8-9-20(30-2)22-23(16)32-25(26-22)28-12-10-27(11-13-28)24(29)19-14-17-6-4-5-7-18(17)15-21(19)31-3/h4-9,14-15H,10-13H2,1-3H3. The first-order chi connectivity index (χ1) is 15.6. The van der Waals surface area contributed by atoms with E-state index in [0.717, 1.165) is 45.0 Å². The number of hydrogen-bond acceptors (Lipinski definition) is 6. The molecule has 32 heavy (non-hydrogen) atoms. The van der Waals surface area contributed by atoms with E-state index in [9.17, 15) is 4.79 Å². The first-order valence-corrected chi connectivity index (χ1v) is 11.5. The van der Waals surface area contributed by atoms with E-state index in [4.69, 9.17) is 14.5 Å². The summed E-state index contributed by atoms with van der Waals surface area (Å²) in [6.45, 7) is 4.85. The average Bonchev–Trinajstić information content (AvgIpc) is 3.29. The summed E-state index contributed by atoms with van der Waals surface area (Å²) in [7, 11) is 3.29. The zero-order valence-corrected chi connectivity index (χ0v) is 19.2. The number of benzene rings is 3. The minimum absolute atomic E-state index is 0.00840. The first kappa shape index (κ1) is 20.6. The Morgan fingerprint density at radius 2 is 1.62 bits per heavy atom. The van der Waals surface area contributed by atoms with Gasteiger partial charge in [0.25, 0.3) is 5.91 Å². The molecule has 3 aromatic carbocycles. The molecule has 0 atom stereocenters. The van der Waals surface area contributed by atoms with Crippen LogP contribution < -0.4 is 14.4 Å². The SMILES string of the molecule is COc1cc2ccccc2cc1C(=O)N1CCN(c2nc3c(OC)ccc(C)c3s2)CC1. The number of ether oxygens (including phenoxy) is 2. The fourth-order valence-corrected chi connectivity index (χ4v) is 5.33. The van der Waals surface area contributed by atoms with E-state index < -0.39 is 0 Å². The second kappa shape index (κ2) is 8.31. The topological polar surface area (TPSA) is 54.9 Å². The lowest BCUT2D eigenvalue weighted by molar-refractivity contribution is 0.0743. The minimum atomic E-state index is 0.00840. The maximum absolute atomic E-state index is 13.3. The van der Waals surface area contributed by atoms with Crippen molar-refractivity contribution in [2.75, 3.05) is 45.3 Å². The van der Waals surface area contributed by atoms with E-state index in [0.29, 0.717) is 24.4 Å². The van der Waals surface area contributed by atoms with Crippen LogP contribution in [0, 0.1) is 6.92 Å². The van der Waals surface area contributed by atoms with Gasteiger partial charge in [-0.15, -0.1) is 0 Å². The monoisotopic (exact) mass is 447 g/mol. The molecule has 7 heteroatoms. The highest BCUT2D eigenvalue weighted by Gasteiger charge is 2.26. The highest BCUT2D eigenvalue weighted by Crippen LogP contribution is 2.37. The molecule has 1 aliphatic rings. The lowest BCUT2D eigenvalue weighted by atomic mass is 10.0. The number of hydrogen-bond donors (Lipinski definition) is 0. The molecule has 0 unspecified atom stereocenters. The van der Waals surface area contributed by atoms with E-state index >= 15 is 0 Å². The van der Waals surface area contributed by atoms with Crippen molar-refractivity contribution in [3.63, 3.8) is 0 Å². The van der Waals surface area contributed by atoms with Gasteiger partial charge in [0.05, 0.1) is 24.5 Å². The van der Waals surface area contributed by atoms with Crippen LogP contribution in [0.3, 0.4) is 0 Å².